The van der Waals surface area contributed by atoms with Gasteiger partial charge in [-0.05, 0) is 22.6 Å². The molecule has 26 heavy (non-hydrogen) atoms. The molecule has 0 spiro atoms. The number of aryl methyl sites for hydroxylation is 1. The van der Waals surface area contributed by atoms with Crippen molar-refractivity contribution in [2.24, 2.45) is 0 Å². The quantitative estimate of drug-likeness (QED) is 0.569. The lowest BCUT2D eigenvalue weighted by atomic mass is 10.2. The first-order valence-corrected chi connectivity index (χ1v) is 8.81. The van der Waals surface area contributed by atoms with Crippen LogP contribution in [0.4, 0.5) is 5.82 Å². The van der Waals surface area contributed by atoms with Crippen molar-refractivity contribution in [3.8, 4) is 0 Å². The van der Waals surface area contributed by atoms with Gasteiger partial charge in [-0.1, -0.05) is 23.7 Å². The minimum atomic E-state index is -0.544. The van der Waals surface area contributed by atoms with Crippen LogP contribution in [0.1, 0.15) is 12.0 Å². The van der Waals surface area contributed by atoms with E-state index in [4.69, 9.17) is 11.6 Å². The first-order chi connectivity index (χ1) is 12.5. The fraction of sp³-hybridized carbons (Fsp3) is 0.412. The highest BCUT2D eigenvalue weighted by Gasteiger charge is 2.21. The third kappa shape index (κ3) is 4.80. The normalized spacial score (nSPS) is 15.2. The number of amides is 1. The van der Waals surface area contributed by atoms with Crippen LogP contribution in [0.5, 0.6) is 0 Å². The number of hydrogen-bond donors (Lipinski definition) is 0. The van der Waals surface area contributed by atoms with E-state index in [0.717, 1.165) is 30.2 Å². The van der Waals surface area contributed by atoms with Crippen molar-refractivity contribution in [2.45, 2.75) is 19.5 Å². The summed E-state index contributed by atoms with van der Waals surface area (Å²) in [4.78, 5) is 26.6. The fourth-order valence-corrected chi connectivity index (χ4v) is 3.20. The van der Waals surface area contributed by atoms with E-state index in [-0.39, 0.29) is 18.1 Å². The number of benzene rings is 1. The van der Waals surface area contributed by atoms with Crippen molar-refractivity contribution in [3.63, 3.8) is 0 Å². The summed E-state index contributed by atoms with van der Waals surface area (Å²) < 4.78 is 1.44. The van der Waals surface area contributed by atoms with Crippen molar-refractivity contribution in [1.29, 1.82) is 0 Å². The van der Waals surface area contributed by atoms with Crippen LogP contribution in [-0.2, 0) is 17.9 Å². The number of piperazine rings is 1. The first-order valence-electron chi connectivity index (χ1n) is 8.44. The van der Waals surface area contributed by atoms with Crippen LogP contribution in [0.15, 0.2) is 36.5 Å². The number of hydrogen-bond acceptors (Lipinski definition) is 5. The van der Waals surface area contributed by atoms with E-state index in [0.29, 0.717) is 19.6 Å². The molecule has 1 aromatic carbocycles. The largest absolute Gasteiger partial charge is 0.389 e. The Morgan fingerprint density at radius 3 is 2.65 bits per heavy atom. The standard InChI is InChI=1S/C17H20ClN5O3/c18-15-3-1-2-14(12-15)13-20-8-10-21(11-9-20)17(24)5-7-22-6-4-16(19-22)23(25)26/h1-4,6,12H,5,7-11,13H2. The lowest BCUT2D eigenvalue weighted by Gasteiger charge is -2.34. The van der Waals surface area contributed by atoms with E-state index < -0.39 is 4.92 Å². The van der Waals surface area contributed by atoms with E-state index in [1.54, 1.807) is 0 Å². The maximum atomic E-state index is 12.3. The lowest BCUT2D eigenvalue weighted by molar-refractivity contribution is -0.389. The topological polar surface area (TPSA) is 84.5 Å². The van der Waals surface area contributed by atoms with Crippen LogP contribution in [0.25, 0.3) is 0 Å². The monoisotopic (exact) mass is 377 g/mol. The van der Waals surface area contributed by atoms with E-state index in [9.17, 15) is 14.9 Å². The van der Waals surface area contributed by atoms with Crippen LogP contribution >= 0.6 is 11.6 Å². The molecule has 0 atom stereocenters. The molecular weight excluding hydrogens is 358 g/mol. The Labute approximate surface area is 156 Å². The number of carbonyl (C=O) groups excluding carboxylic acids is 1. The van der Waals surface area contributed by atoms with Crippen molar-refractivity contribution in [1.82, 2.24) is 19.6 Å². The molecule has 2 aromatic rings. The Morgan fingerprint density at radius 1 is 1.23 bits per heavy atom. The second-order valence-corrected chi connectivity index (χ2v) is 6.67. The summed E-state index contributed by atoms with van der Waals surface area (Å²) in [6.07, 6.45) is 1.81. The van der Waals surface area contributed by atoms with E-state index in [1.165, 1.54) is 16.9 Å². The zero-order valence-electron chi connectivity index (χ0n) is 14.3. The summed E-state index contributed by atoms with van der Waals surface area (Å²) in [6, 6.07) is 9.14. The molecule has 8 nitrogen and oxygen atoms in total. The number of aromatic nitrogens is 2. The Balaban J connectivity index is 1.43. The first kappa shape index (κ1) is 18.3. The molecule has 0 N–H and O–H groups in total. The third-order valence-corrected chi connectivity index (χ3v) is 4.62. The molecule has 1 amide bonds. The van der Waals surface area contributed by atoms with E-state index in [1.807, 2.05) is 29.2 Å². The highest BCUT2D eigenvalue weighted by atomic mass is 35.5. The van der Waals surface area contributed by atoms with Crippen molar-refractivity contribution in [2.75, 3.05) is 26.2 Å². The summed E-state index contributed by atoms with van der Waals surface area (Å²) in [5, 5.41) is 15.2. The molecule has 3 rings (SSSR count). The van der Waals surface area contributed by atoms with Gasteiger partial charge in [0, 0.05) is 44.2 Å². The molecule has 1 aliphatic rings. The van der Waals surface area contributed by atoms with Crippen LogP contribution < -0.4 is 0 Å². The van der Waals surface area contributed by atoms with Gasteiger partial charge in [-0.15, -0.1) is 0 Å². The van der Waals surface area contributed by atoms with Crippen molar-refractivity contribution >= 4 is 23.3 Å². The summed E-state index contributed by atoms with van der Waals surface area (Å²) in [7, 11) is 0. The second-order valence-electron chi connectivity index (χ2n) is 6.23. The Hall–Kier alpha value is -2.45. The van der Waals surface area contributed by atoms with Gasteiger partial charge in [0.25, 0.3) is 0 Å². The molecule has 0 radical (unpaired) electrons. The summed E-state index contributed by atoms with van der Waals surface area (Å²) in [5.74, 6) is -0.155. The lowest BCUT2D eigenvalue weighted by Crippen LogP contribution is -2.48. The summed E-state index contributed by atoms with van der Waals surface area (Å²) in [5.41, 5.74) is 1.16. The maximum absolute atomic E-state index is 12.3. The van der Waals surface area contributed by atoms with E-state index in [2.05, 4.69) is 10.00 Å². The molecule has 2 heterocycles. The van der Waals surface area contributed by atoms with Crippen molar-refractivity contribution < 1.29 is 9.72 Å². The second kappa shape index (κ2) is 8.29. The fourth-order valence-electron chi connectivity index (χ4n) is 2.99. The minimum Gasteiger partial charge on any atom is -0.358 e. The van der Waals surface area contributed by atoms with Gasteiger partial charge in [-0.3, -0.25) is 9.69 Å². The smallest absolute Gasteiger partial charge is 0.358 e. The molecule has 0 bridgehead atoms. The zero-order valence-corrected chi connectivity index (χ0v) is 15.0. The molecule has 1 fully saturated rings. The maximum Gasteiger partial charge on any atom is 0.389 e. The minimum absolute atomic E-state index is 0.0468. The number of nitro groups is 1. The third-order valence-electron chi connectivity index (χ3n) is 4.39. The highest BCUT2D eigenvalue weighted by molar-refractivity contribution is 6.30. The predicted molar refractivity (Wildman–Crippen MR) is 96.8 cm³/mol. The predicted octanol–water partition coefficient (Wildman–Crippen LogP) is 2.18. The van der Waals surface area contributed by atoms with Gasteiger partial charge >= 0.3 is 5.82 Å². The molecule has 9 heteroatoms. The van der Waals surface area contributed by atoms with Gasteiger partial charge in [0.1, 0.15) is 0 Å². The van der Waals surface area contributed by atoms with Gasteiger partial charge in [0.2, 0.25) is 5.91 Å². The molecule has 0 aliphatic carbocycles. The van der Waals surface area contributed by atoms with Gasteiger partial charge in [-0.2, -0.15) is 4.68 Å². The number of rotatable bonds is 6. The molecule has 0 saturated carbocycles. The SMILES string of the molecule is O=C(CCn1ccc([N+](=O)[O-])n1)N1CCN(Cc2cccc(Cl)c2)CC1. The highest BCUT2D eigenvalue weighted by Crippen LogP contribution is 2.14. The van der Waals surface area contributed by atoms with Crippen LogP contribution in [0.3, 0.4) is 0 Å². The van der Waals surface area contributed by atoms with Gasteiger partial charge in [0.05, 0.1) is 23.9 Å². The molecule has 138 valence electrons. The number of nitrogens with zero attached hydrogens (tertiary/aromatic N) is 5. The molecule has 1 aromatic heterocycles. The Kier molecular flexibility index (Phi) is 5.85. The van der Waals surface area contributed by atoms with E-state index >= 15 is 0 Å². The summed E-state index contributed by atoms with van der Waals surface area (Å²) in [6.45, 7) is 4.14. The Bertz CT molecular complexity index is 786. The Morgan fingerprint density at radius 2 is 2.00 bits per heavy atom. The van der Waals surface area contributed by atoms with Crippen LogP contribution in [0.2, 0.25) is 5.02 Å². The number of halogens is 1. The molecular formula is C17H20ClN5O3. The average molecular weight is 378 g/mol. The summed E-state index contributed by atoms with van der Waals surface area (Å²) >= 11 is 6.02. The van der Waals surface area contributed by atoms with Crippen LogP contribution in [-0.4, -0.2) is 56.6 Å². The van der Waals surface area contributed by atoms with Gasteiger partial charge in [0.15, 0.2) is 0 Å². The van der Waals surface area contributed by atoms with Gasteiger partial charge < -0.3 is 15.0 Å². The van der Waals surface area contributed by atoms with Crippen LogP contribution in [0, 0.1) is 10.1 Å². The molecule has 0 unspecified atom stereocenters. The number of carbonyl (C=O) groups is 1. The molecule has 1 saturated heterocycles. The zero-order chi connectivity index (χ0) is 18.5. The van der Waals surface area contributed by atoms with Gasteiger partial charge in [-0.25, -0.2) is 0 Å². The van der Waals surface area contributed by atoms with Crippen molar-refractivity contribution in [3.05, 3.63) is 57.2 Å². The average Bonchev–Trinajstić information content (AvgIpc) is 3.10. The molecule has 1 aliphatic heterocycles.